The van der Waals surface area contributed by atoms with Crippen LogP contribution in [0.5, 0.6) is 0 Å². The molecule has 2 nitrogen and oxygen atoms in total. The first-order valence-corrected chi connectivity index (χ1v) is 8.32. The Kier molecular flexibility index (Phi) is 3.57. The number of halogens is 1. The molecule has 2 aromatic rings. The molecule has 1 heterocycles. The lowest BCUT2D eigenvalue weighted by atomic mass is 9.72. The Morgan fingerprint density at radius 1 is 1.22 bits per heavy atom. The number of fused-ring (bicyclic) bond motifs is 1. The zero-order chi connectivity index (χ0) is 12.4. The summed E-state index contributed by atoms with van der Waals surface area (Å²) in [4.78, 5) is 8.75. The summed E-state index contributed by atoms with van der Waals surface area (Å²) < 4.78 is 0. The van der Waals surface area contributed by atoms with E-state index in [-0.39, 0.29) is 0 Å². The molecule has 0 amide bonds. The number of thioether (sulfide) groups is 1. The van der Waals surface area contributed by atoms with Crippen molar-refractivity contribution < 1.29 is 0 Å². The first-order chi connectivity index (χ1) is 8.83. The first-order valence-electron chi connectivity index (χ1n) is 6.22. The number of alkyl halides is 1. The van der Waals surface area contributed by atoms with Gasteiger partial charge in [-0.25, -0.2) is 9.97 Å². The van der Waals surface area contributed by atoms with Crippen molar-refractivity contribution in [2.45, 2.75) is 24.3 Å². The Balaban J connectivity index is 1.82. The van der Waals surface area contributed by atoms with Crippen molar-refractivity contribution in [1.29, 1.82) is 0 Å². The van der Waals surface area contributed by atoms with Gasteiger partial charge in [-0.15, -0.1) is 11.8 Å². The molecule has 0 saturated heterocycles. The van der Waals surface area contributed by atoms with Gasteiger partial charge in [-0.3, -0.25) is 0 Å². The Hall–Kier alpha value is -0.610. The summed E-state index contributed by atoms with van der Waals surface area (Å²) in [6, 6.07) is 8.24. The molecule has 1 aliphatic rings. The summed E-state index contributed by atoms with van der Waals surface area (Å²) in [5.74, 6) is 1.15. The minimum atomic E-state index is 0.497. The highest BCUT2D eigenvalue weighted by molar-refractivity contribution is 9.09. The number of rotatable bonds is 4. The van der Waals surface area contributed by atoms with Crippen LogP contribution in [-0.4, -0.2) is 21.1 Å². The van der Waals surface area contributed by atoms with Crippen LogP contribution in [0, 0.1) is 5.41 Å². The number of hydrogen-bond acceptors (Lipinski definition) is 3. The third-order valence-electron chi connectivity index (χ3n) is 3.72. The minimum Gasteiger partial charge on any atom is -0.236 e. The fourth-order valence-electron chi connectivity index (χ4n) is 2.31. The van der Waals surface area contributed by atoms with Gasteiger partial charge in [-0.05, 0) is 24.3 Å². The van der Waals surface area contributed by atoms with Crippen LogP contribution < -0.4 is 0 Å². The van der Waals surface area contributed by atoms with Crippen LogP contribution in [0.25, 0.3) is 10.9 Å². The van der Waals surface area contributed by atoms with E-state index in [1.54, 1.807) is 6.33 Å². The van der Waals surface area contributed by atoms with Gasteiger partial charge >= 0.3 is 0 Å². The van der Waals surface area contributed by atoms with Gasteiger partial charge in [0.05, 0.1) is 5.52 Å². The predicted octanol–water partition coefficient (Wildman–Crippen LogP) is 4.29. The van der Waals surface area contributed by atoms with Crippen LogP contribution in [0.3, 0.4) is 0 Å². The number of aromatic nitrogens is 2. The highest BCUT2D eigenvalue weighted by atomic mass is 79.9. The van der Waals surface area contributed by atoms with Crippen molar-refractivity contribution in [2.24, 2.45) is 5.41 Å². The quantitative estimate of drug-likeness (QED) is 0.477. The Bertz CT molecular complexity index is 543. The summed E-state index contributed by atoms with van der Waals surface area (Å²) in [7, 11) is 0. The molecule has 3 rings (SSSR count). The highest BCUT2D eigenvalue weighted by Gasteiger charge is 2.35. The van der Waals surface area contributed by atoms with E-state index in [0.717, 1.165) is 21.6 Å². The molecule has 1 aliphatic carbocycles. The normalized spacial score (nSPS) is 17.6. The topological polar surface area (TPSA) is 25.8 Å². The lowest BCUT2D eigenvalue weighted by Crippen LogP contribution is -2.33. The molecule has 1 aromatic carbocycles. The van der Waals surface area contributed by atoms with Gasteiger partial charge in [-0.2, -0.15) is 0 Å². The molecule has 94 valence electrons. The van der Waals surface area contributed by atoms with Crippen molar-refractivity contribution >= 4 is 38.6 Å². The molecule has 18 heavy (non-hydrogen) atoms. The fraction of sp³-hybridized carbons (Fsp3) is 0.429. The largest absolute Gasteiger partial charge is 0.236 e. The molecule has 1 aromatic heterocycles. The summed E-state index contributed by atoms with van der Waals surface area (Å²) in [6.07, 6.45) is 5.73. The van der Waals surface area contributed by atoms with Gasteiger partial charge in [0.15, 0.2) is 0 Å². The molecule has 0 atom stereocenters. The highest BCUT2D eigenvalue weighted by Crippen LogP contribution is 2.46. The Morgan fingerprint density at radius 3 is 2.78 bits per heavy atom. The molecule has 1 saturated carbocycles. The molecular weight excluding hydrogens is 308 g/mol. The van der Waals surface area contributed by atoms with Gasteiger partial charge in [0.2, 0.25) is 0 Å². The van der Waals surface area contributed by atoms with Crippen LogP contribution in [0.1, 0.15) is 19.3 Å². The molecule has 0 N–H and O–H groups in total. The Morgan fingerprint density at radius 2 is 2.06 bits per heavy atom. The average molecular weight is 323 g/mol. The first kappa shape index (κ1) is 12.4. The summed E-state index contributed by atoms with van der Waals surface area (Å²) in [5.41, 5.74) is 1.54. The monoisotopic (exact) mass is 322 g/mol. The predicted molar refractivity (Wildman–Crippen MR) is 80.3 cm³/mol. The smallest absolute Gasteiger partial charge is 0.117 e. The van der Waals surface area contributed by atoms with E-state index >= 15 is 0 Å². The minimum absolute atomic E-state index is 0.497. The maximum atomic E-state index is 4.44. The maximum absolute atomic E-state index is 4.44. The van der Waals surface area contributed by atoms with Crippen molar-refractivity contribution in [3.05, 3.63) is 30.6 Å². The van der Waals surface area contributed by atoms with E-state index < -0.39 is 0 Å². The molecular formula is C14H15BrN2S. The van der Waals surface area contributed by atoms with Crippen molar-refractivity contribution in [1.82, 2.24) is 9.97 Å². The van der Waals surface area contributed by atoms with Gasteiger partial charge in [-0.1, -0.05) is 40.5 Å². The third kappa shape index (κ3) is 2.28. The molecule has 0 bridgehead atoms. The second kappa shape index (κ2) is 5.17. The molecule has 0 aliphatic heterocycles. The standard InChI is InChI=1S/C14H15BrN2S/c15-8-14(6-3-7-14)9-18-13-11-4-1-2-5-12(11)16-10-17-13/h1-2,4-5,10H,3,6-9H2. The van der Waals surface area contributed by atoms with Gasteiger partial charge in [0.25, 0.3) is 0 Å². The van der Waals surface area contributed by atoms with E-state index in [9.17, 15) is 0 Å². The zero-order valence-corrected chi connectivity index (χ0v) is 12.5. The number of hydrogen-bond donors (Lipinski definition) is 0. The third-order valence-corrected chi connectivity index (χ3v) is 6.26. The summed E-state index contributed by atoms with van der Waals surface area (Å²) >= 11 is 5.54. The van der Waals surface area contributed by atoms with Crippen LogP contribution in [0.2, 0.25) is 0 Å². The second-order valence-electron chi connectivity index (χ2n) is 4.97. The van der Waals surface area contributed by atoms with Crippen molar-refractivity contribution in [2.75, 3.05) is 11.1 Å². The van der Waals surface area contributed by atoms with Crippen LogP contribution in [0.15, 0.2) is 35.6 Å². The van der Waals surface area contributed by atoms with E-state index in [4.69, 9.17) is 0 Å². The molecule has 0 unspecified atom stereocenters. The number of para-hydroxylation sites is 1. The van der Waals surface area contributed by atoms with E-state index in [1.807, 2.05) is 23.9 Å². The van der Waals surface area contributed by atoms with Gasteiger partial charge in [0, 0.05) is 16.5 Å². The number of benzene rings is 1. The van der Waals surface area contributed by atoms with Gasteiger partial charge in [0.1, 0.15) is 11.4 Å². The van der Waals surface area contributed by atoms with Crippen LogP contribution >= 0.6 is 27.7 Å². The number of nitrogens with zero attached hydrogens (tertiary/aromatic N) is 2. The van der Waals surface area contributed by atoms with Crippen molar-refractivity contribution in [3.8, 4) is 0 Å². The van der Waals surface area contributed by atoms with Crippen LogP contribution in [0.4, 0.5) is 0 Å². The lowest BCUT2D eigenvalue weighted by Gasteiger charge is -2.40. The molecule has 4 heteroatoms. The summed E-state index contributed by atoms with van der Waals surface area (Å²) in [5, 5.41) is 3.40. The second-order valence-corrected chi connectivity index (χ2v) is 6.50. The zero-order valence-electron chi connectivity index (χ0n) is 10.1. The molecule has 0 radical (unpaired) electrons. The Labute approximate surface area is 120 Å². The SMILES string of the molecule is BrCC1(CSc2ncnc3ccccc23)CCC1. The van der Waals surface area contributed by atoms with Crippen LogP contribution in [-0.2, 0) is 0 Å². The average Bonchev–Trinajstić information content (AvgIpc) is 2.38. The lowest BCUT2D eigenvalue weighted by molar-refractivity contribution is 0.206. The molecule has 1 fully saturated rings. The maximum Gasteiger partial charge on any atom is 0.117 e. The van der Waals surface area contributed by atoms with Gasteiger partial charge < -0.3 is 0 Å². The van der Waals surface area contributed by atoms with E-state index in [2.05, 4.69) is 38.0 Å². The van der Waals surface area contributed by atoms with E-state index in [1.165, 1.54) is 24.6 Å². The molecule has 0 spiro atoms. The van der Waals surface area contributed by atoms with E-state index in [0.29, 0.717) is 5.41 Å². The fourth-order valence-corrected chi connectivity index (χ4v) is 4.61. The summed E-state index contributed by atoms with van der Waals surface area (Å²) in [6.45, 7) is 0. The van der Waals surface area contributed by atoms with Crippen molar-refractivity contribution in [3.63, 3.8) is 0 Å².